The van der Waals surface area contributed by atoms with Gasteiger partial charge >= 0.3 is 5.97 Å². The minimum absolute atomic E-state index is 0.0496. The minimum Gasteiger partial charge on any atom is -0.465 e. The summed E-state index contributed by atoms with van der Waals surface area (Å²) in [5.41, 5.74) is 3.50. The Balaban J connectivity index is 1.76. The fourth-order valence-corrected chi connectivity index (χ4v) is 3.36. The van der Waals surface area contributed by atoms with Gasteiger partial charge in [0.2, 0.25) is 5.91 Å². The number of carbonyl (C=O) groups is 3. The third-order valence-electron chi connectivity index (χ3n) is 4.64. The van der Waals surface area contributed by atoms with Crippen LogP contribution in [0.2, 0.25) is 0 Å². The van der Waals surface area contributed by atoms with Crippen molar-refractivity contribution < 1.29 is 19.1 Å². The fraction of sp³-hybridized carbons (Fsp3) is 0.286. The van der Waals surface area contributed by atoms with Crippen molar-refractivity contribution >= 4 is 29.0 Å². The number of hydrogen-bond donors (Lipinski definition) is 1. The molecule has 0 saturated carbocycles. The maximum Gasteiger partial charge on any atom is 0.338 e. The van der Waals surface area contributed by atoms with E-state index >= 15 is 0 Å². The maximum atomic E-state index is 12.5. The van der Waals surface area contributed by atoms with Gasteiger partial charge in [0.15, 0.2) is 5.78 Å². The second-order valence-corrected chi connectivity index (χ2v) is 6.51. The molecule has 6 heteroatoms. The molecule has 0 unspecified atom stereocenters. The van der Waals surface area contributed by atoms with Gasteiger partial charge in [0.25, 0.3) is 0 Å². The Morgan fingerprint density at radius 2 is 1.93 bits per heavy atom. The van der Waals surface area contributed by atoms with Gasteiger partial charge in [-0.3, -0.25) is 9.59 Å². The summed E-state index contributed by atoms with van der Waals surface area (Å²) in [5.74, 6) is -0.586. The van der Waals surface area contributed by atoms with Crippen molar-refractivity contribution in [3.8, 4) is 0 Å². The summed E-state index contributed by atoms with van der Waals surface area (Å²) in [7, 11) is 1.37. The van der Waals surface area contributed by atoms with Crippen LogP contribution in [0.4, 0.5) is 11.4 Å². The number of hydrogen-bond acceptors (Lipinski definition) is 5. The van der Waals surface area contributed by atoms with Gasteiger partial charge in [-0.15, -0.1) is 0 Å². The molecule has 0 spiro atoms. The van der Waals surface area contributed by atoms with E-state index in [2.05, 4.69) is 5.32 Å². The number of fused-ring (bicyclic) bond motifs is 1. The summed E-state index contributed by atoms with van der Waals surface area (Å²) in [6.07, 6.45) is 1.63. The lowest BCUT2D eigenvalue weighted by Gasteiger charge is -2.31. The van der Waals surface area contributed by atoms with Crippen LogP contribution in [0.1, 0.15) is 39.6 Å². The summed E-state index contributed by atoms with van der Waals surface area (Å²) in [5, 5.41) is 2.84. The molecule has 1 aliphatic heterocycles. The van der Waals surface area contributed by atoms with Gasteiger partial charge in [-0.2, -0.15) is 0 Å². The van der Waals surface area contributed by atoms with Crippen molar-refractivity contribution in [3.05, 3.63) is 59.2 Å². The van der Waals surface area contributed by atoms with E-state index in [0.717, 1.165) is 30.6 Å². The number of carbonyl (C=O) groups excluding carboxylic acids is 3. The van der Waals surface area contributed by atoms with Gasteiger partial charge < -0.3 is 15.0 Å². The van der Waals surface area contributed by atoms with Crippen LogP contribution < -0.4 is 10.2 Å². The highest BCUT2D eigenvalue weighted by atomic mass is 16.5. The molecule has 1 heterocycles. The normalized spacial score (nSPS) is 12.9. The summed E-state index contributed by atoms with van der Waals surface area (Å²) in [6, 6.07) is 12.4. The lowest BCUT2D eigenvalue weighted by molar-refractivity contribution is -0.115. The topological polar surface area (TPSA) is 75.7 Å². The Bertz CT molecular complexity index is 892. The van der Waals surface area contributed by atoms with Crippen LogP contribution in [0, 0.1) is 0 Å². The molecule has 2 aromatic carbocycles. The molecular formula is C21H22N2O4. The average molecular weight is 366 g/mol. The first kappa shape index (κ1) is 18.6. The number of nitrogens with zero attached hydrogens (tertiary/aromatic N) is 1. The van der Waals surface area contributed by atoms with Gasteiger partial charge in [0.05, 0.1) is 19.2 Å². The first-order chi connectivity index (χ1) is 13.0. The summed E-state index contributed by atoms with van der Waals surface area (Å²) < 4.78 is 4.86. The maximum absolute atomic E-state index is 12.5. The molecule has 1 N–H and O–H groups in total. The Labute approximate surface area is 158 Å². The van der Waals surface area contributed by atoms with E-state index in [1.165, 1.54) is 14.0 Å². The first-order valence-electron chi connectivity index (χ1n) is 8.85. The number of esters is 1. The predicted molar refractivity (Wildman–Crippen MR) is 103 cm³/mol. The number of methoxy groups -OCH3 is 1. The third kappa shape index (κ3) is 4.16. The molecule has 2 aromatic rings. The number of Topliss-reactive ketones (excluding diaryl/α,β-unsaturated/α-hetero) is 1. The Morgan fingerprint density at radius 3 is 2.67 bits per heavy atom. The second-order valence-electron chi connectivity index (χ2n) is 6.51. The zero-order valence-corrected chi connectivity index (χ0v) is 15.5. The molecular weight excluding hydrogens is 344 g/mol. The van der Waals surface area contributed by atoms with Crippen LogP contribution in [0.25, 0.3) is 0 Å². The number of benzene rings is 2. The highest BCUT2D eigenvalue weighted by Gasteiger charge is 2.24. The molecule has 140 valence electrons. The molecule has 0 bridgehead atoms. The van der Waals surface area contributed by atoms with Gasteiger partial charge in [-0.05, 0) is 49.6 Å². The lowest BCUT2D eigenvalue weighted by Crippen LogP contribution is -2.37. The Morgan fingerprint density at radius 1 is 1.15 bits per heavy atom. The molecule has 27 heavy (non-hydrogen) atoms. The molecule has 0 fully saturated rings. The minimum atomic E-state index is -0.362. The molecule has 1 amide bonds. The number of rotatable bonds is 5. The molecule has 0 radical (unpaired) electrons. The van der Waals surface area contributed by atoms with Gasteiger partial charge in [-0.1, -0.05) is 18.2 Å². The van der Waals surface area contributed by atoms with Crippen LogP contribution in [0.3, 0.4) is 0 Å². The predicted octanol–water partition coefficient (Wildman–Crippen LogP) is 3.07. The summed E-state index contributed by atoms with van der Waals surface area (Å²) >= 11 is 0. The SMILES string of the molecule is COC(=O)c1cccc2c1CCCN2CC(=O)Nc1cccc(C(C)=O)c1. The largest absolute Gasteiger partial charge is 0.465 e. The van der Waals surface area contributed by atoms with Gasteiger partial charge in [0.1, 0.15) is 0 Å². The van der Waals surface area contributed by atoms with Crippen LogP contribution in [0.5, 0.6) is 0 Å². The van der Waals surface area contributed by atoms with E-state index in [1.807, 2.05) is 11.0 Å². The Hall–Kier alpha value is -3.15. The molecule has 0 aromatic heterocycles. The van der Waals surface area contributed by atoms with Crippen molar-refractivity contribution in [1.29, 1.82) is 0 Å². The highest BCUT2D eigenvalue weighted by molar-refractivity contribution is 5.98. The number of amides is 1. The molecule has 6 nitrogen and oxygen atoms in total. The standard InChI is InChI=1S/C21H22N2O4/c1-14(24)15-6-3-7-16(12-15)22-20(25)13-23-11-5-9-17-18(21(26)27-2)8-4-10-19(17)23/h3-4,6-8,10,12H,5,9,11,13H2,1-2H3,(H,22,25). The molecule has 0 saturated heterocycles. The fourth-order valence-electron chi connectivity index (χ4n) is 3.36. The van der Waals surface area contributed by atoms with E-state index in [0.29, 0.717) is 16.8 Å². The quantitative estimate of drug-likeness (QED) is 0.650. The number of ether oxygens (including phenoxy) is 1. The van der Waals surface area contributed by atoms with Crippen molar-refractivity contribution in [2.24, 2.45) is 0 Å². The number of nitrogens with one attached hydrogen (secondary N) is 1. The van der Waals surface area contributed by atoms with E-state index in [9.17, 15) is 14.4 Å². The zero-order valence-electron chi connectivity index (χ0n) is 15.5. The Kier molecular flexibility index (Phi) is 5.54. The molecule has 3 rings (SSSR count). The van der Waals surface area contributed by atoms with E-state index in [-0.39, 0.29) is 24.2 Å². The summed E-state index contributed by atoms with van der Waals surface area (Å²) in [4.78, 5) is 38.0. The van der Waals surface area contributed by atoms with Gasteiger partial charge in [0, 0.05) is 23.5 Å². The highest BCUT2D eigenvalue weighted by Crippen LogP contribution is 2.30. The molecule has 1 aliphatic rings. The third-order valence-corrected chi connectivity index (χ3v) is 4.64. The first-order valence-corrected chi connectivity index (χ1v) is 8.85. The van der Waals surface area contributed by atoms with Gasteiger partial charge in [-0.25, -0.2) is 4.79 Å². The van der Waals surface area contributed by atoms with Crippen LogP contribution in [0.15, 0.2) is 42.5 Å². The molecule has 0 aliphatic carbocycles. The van der Waals surface area contributed by atoms with Crippen molar-refractivity contribution in [1.82, 2.24) is 0 Å². The van der Waals surface area contributed by atoms with E-state index < -0.39 is 0 Å². The smallest absolute Gasteiger partial charge is 0.338 e. The summed E-state index contributed by atoms with van der Waals surface area (Å²) in [6.45, 7) is 2.39. The van der Waals surface area contributed by atoms with Crippen molar-refractivity contribution in [2.45, 2.75) is 19.8 Å². The van der Waals surface area contributed by atoms with E-state index in [1.54, 1.807) is 36.4 Å². The average Bonchev–Trinajstić information content (AvgIpc) is 2.67. The number of anilines is 2. The lowest BCUT2D eigenvalue weighted by atomic mass is 9.96. The monoisotopic (exact) mass is 366 g/mol. The number of ketones is 1. The van der Waals surface area contributed by atoms with Crippen molar-refractivity contribution in [3.63, 3.8) is 0 Å². The van der Waals surface area contributed by atoms with Crippen LogP contribution in [-0.2, 0) is 16.0 Å². The second kappa shape index (κ2) is 8.03. The van der Waals surface area contributed by atoms with E-state index in [4.69, 9.17) is 4.74 Å². The van der Waals surface area contributed by atoms with Crippen LogP contribution >= 0.6 is 0 Å². The molecule has 0 atom stereocenters. The zero-order chi connectivity index (χ0) is 19.4. The van der Waals surface area contributed by atoms with Crippen molar-refractivity contribution in [2.75, 3.05) is 30.4 Å². The van der Waals surface area contributed by atoms with Crippen LogP contribution in [-0.4, -0.2) is 37.9 Å².